The molecule has 4 fully saturated rings. The number of carbonyl (C=O) groups excluding carboxylic acids is 2. The highest BCUT2D eigenvalue weighted by Gasteiger charge is 2.70. The maximum atomic E-state index is 14.5. The molecule has 0 aromatic heterocycles. The lowest BCUT2D eigenvalue weighted by atomic mass is 9.36. The lowest BCUT2D eigenvalue weighted by Gasteiger charge is -2.69. The molecule has 1 unspecified atom stereocenters. The van der Waals surface area contributed by atoms with Gasteiger partial charge in [-0.25, -0.2) is 4.79 Å². The van der Waals surface area contributed by atoms with Crippen LogP contribution in [-0.4, -0.2) is 36.0 Å². The lowest BCUT2D eigenvalue weighted by molar-refractivity contribution is -0.229. The molecule has 1 aromatic rings. The molecule has 0 spiro atoms. The van der Waals surface area contributed by atoms with Gasteiger partial charge in [0.15, 0.2) is 0 Å². The fourth-order valence-corrected chi connectivity index (χ4v) is 11.6. The van der Waals surface area contributed by atoms with Crippen molar-refractivity contribution in [1.82, 2.24) is 0 Å². The van der Waals surface area contributed by atoms with Crippen molar-refractivity contribution in [1.29, 1.82) is 5.26 Å². The molecule has 5 rings (SSSR count). The third-order valence-electron chi connectivity index (χ3n) is 14.7. The van der Waals surface area contributed by atoms with E-state index in [9.17, 15) is 20.0 Å². The van der Waals surface area contributed by atoms with Crippen LogP contribution in [0.4, 0.5) is 0 Å². The van der Waals surface area contributed by atoms with Crippen LogP contribution < -0.4 is 0 Å². The average Bonchev–Trinajstić information content (AvgIpc) is 3.35. The number of hydrogen-bond acceptors (Lipinski definition) is 7. The van der Waals surface area contributed by atoms with Gasteiger partial charge in [-0.3, -0.25) is 4.79 Å². The van der Waals surface area contributed by atoms with Crippen LogP contribution in [0.1, 0.15) is 139 Å². The van der Waals surface area contributed by atoms with E-state index in [0.29, 0.717) is 60.3 Å². The zero-order valence-corrected chi connectivity index (χ0v) is 34.4. The summed E-state index contributed by atoms with van der Waals surface area (Å²) in [6.45, 7) is 27.0. The van der Waals surface area contributed by atoms with Crippen molar-refractivity contribution < 1.29 is 28.9 Å². The van der Waals surface area contributed by atoms with Gasteiger partial charge in [0, 0.05) is 5.57 Å². The molecule has 53 heavy (non-hydrogen) atoms. The molecule has 7 heteroatoms. The smallest absolute Gasteiger partial charge is 0.336 e. The summed E-state index contributed by atoms with van der Waals surface area (Å²) >= 11 is 0. The molecule has 290 valence electrons. The van der Waals surface area contributed by atoms with Crippen molar-refractivity contribution in [3.8, 4) is 6.07 Å². The molecule has 0 amide bonds. The minimum atomic E-state index is -0.741. The monoisotopic (exact) mass is 727 g/mol. The Bertz CT molecular complexity index is 1690. The molecule has 4 saturated carbocycles. The fraction of sp³-hybridized carbons (Fsp3) is 0.674. The molecular weight excluding hydrogens is 663 g/mol. The van der Waals surface area contributed by atoms with Gasteiger partial charge in [0.05, 0.1) is 28.9 Å². The molecule has 0 bridgehead atoms. The zero-order chi connectivity index (χ0) is 39.3. The van der Waals surface area contributed by atoms with Crippen LogP contribution in [0.3, 0.4) is 0 Å². The lowest BCUT2D eigenvalue weighted by Crippen LogP contribution is -2.65. The molecule has 0 heterocycles. The predicted octanol–water partition coefficient (Wildman–Crippen LogP) is 10.3. The van der Waals surface area contributed by atoms with E-state index in [1.807, 2.05) is 31.2 Å². The number of fused-ring (bicyclic) bond motifs is 5. The summed E-state index contributed by atoms with van der Waals surface area (Å²) in [7, 11) is 0. The molecule has 1 N–H and O–H groups in total. The molecule has 10 atom stereocenters. The Kier molecular flexibility index (Phi) is 11.6. The van der Waals surface area contributed by atoms with E-state index in [1.54, 1.807) is 20.8 Å². The van der Waals surface area contributed by atoms with E-state index in [1.165, 1.54) is 6.42 Å². The number of hydrogen-bond donors (Lipinski definition) is 1. The third kappa shape index (κ3) is 7.39. The van der Waals surface area contributed by atoms with Crippen LogP contribution in [0, 0.1) is 62.6 Å². The Morgan fingerprint density at radius 3 is 2.23 bits per heavy atom. The van der Waals surface area contributed by atoms with Crippen LogP contribution in [0.15, 0.2) is 53.3 Å². The highest BCUT2D eigenvalue weighted by molar-refractivity contribution is 5.90. The Labute approximate surface area is 319 Å². The number of allylic oxidation sites excluding steroid dienone is 3. The van der Waals surface area contributed by atoms with Crippen molar-refractivity contribution in [2.45, 2.75) is 140 Å². The largest absolute Gasteiger partial charge is 0.491 e. The van der Waals surface area contributed by atoms with Crippen LogP contribution in [0.25, 0.3) is 5.57 Å². The summed E-state index contributed by atoms with van der Waals surface area (Å²) < 4.78 is 17.8. The summed E-state index contributed by atoms with van der Waals surface area (Å²) in [6.07, 6.45) is 5.72. The van der Waals surface area contributed by atoms with Crippen LogP contribution >= 0.6 is 0 Å². The summed E-state index contributed by atoms with van der Waals surface area (Å²) in [5, 5.41) is 21.9. The number of aliphatic hydroxyl groups excluding tert-OH is 1. The van der Waals surface area contributed by atoms with Gasteiger partial charge in [0.25, 0.3) is 0 Å². The molecular formula is C46H65NO6. The van der Waals surface area contributed by atoms with Gasteiger partial charge in [0.1, 0.15) is 6.10 Å². The van der Waals surface area contributed by atoms with Gasteiger partial charge < -0.3 is 19.3 Å². The quantitative estimate of drug-likeness (QED) is 0.117. The molecule has 0 saturated heterocycles. The highest BCUT2D eigenvalue weighted by Crippen LogP contribution is 2.74. The van der Waals surface area contributed by atoms with Crippen molar-refractivity contribution in [3.63, 3.8) is 0 Å². The predicted molar refractivity (Wildman–Crippen MR) is 209 cm³/mol. The Morgan fingerprint density at radius 2 is 1.64 bits per heavy atom. The summed E-state index contributed by atoms with van der Waals surface area (Å²) in [5.74, 6) is 1.49. The van der Waals surface area contributed by atoms with Crippen molar-refractivity contribution in [2.75, 3.05) is 6.79 Å². The van der Waals surface area contributed by atoms with E-state index in [4.69, 9.17) is 14.2 Å². The van der Waals surface area contributed by atoms with Crippen molar-refractivity contribution in [3.05, 3.63) is 64.4 Å². The average molecular weight is 728 g/mol. The summed E-state index contributed by atoms with van der Waals surface area (Å²) in [6, 6.07) is 9.75. The second-order valence-electron chi connectivity index (χ2n) is 19.0. The number of nitriles is 1. The van der Waals surface area contributed by atoms with Crippen molar-refractivity contribution >= 4 is 17.5 Å². The van der Waals surface area contributed by atoms with Gasteiger partial charge in [-0.2, -0.15) is 5.26 Å². The van der Waals surface area contributed by atoms with Gasteiger partial charge in [-0.15, -0.1) is 0 Å². The van der Waals surface area contributed by atoms with Gasteiger partial charge in [0.2, 0.25) is 6.79 Å². The Balaban J connectivity index is 1.60. The van der Waals surface area contributed by atoms with Crippen LogP contribution in [0.2, 0.25) is 0 Å². The Morgan fingerprint density at radius 1 is 0.981 bits per heavy atom. The number of esters is 2. The topological polar surface area (TPSA) is 106 Å². The third-order valence-corrected chi connectivity index (χ3v) is 14.7. The number of benzene rings is 1. The summed E-state index contributed by atoms with van der Waals surface area (Å²) in [4.78, 5) is 27.1. The number of rotatable bonds is 9. The van der Waals surface area contributed by atoms with Crippen LogP contribution in [-0.2, 0) is 23.8 Å². The first-order chi connectivity index (χ1) is 24.7. The molecule has 0 aliphatic heterocycles. The first-order valence-corrected chi connectivity index (χ1v) is 19.9. The molecule has 7 nitrogen and oxygen atoms in total. The van der Waals surface area contributed by atoms with E-state index in [-0.39, 0.29) is 28.1 Å². The summed E-state index contributed by atoms with van der Waals surface area (Å²) in [5.41, 5.74) is 4.04. The number of ether oxygens (including phenoxy) is 3. The number of carbonyl (C=O) groups is 2. The normalized spacial score (nSPS) is 35.8. The fourth-order valence-electron chi connectivity index (χ4n) is 11.6. The first-order valence-electron chi connectivity index (χ1n) is 19.9. The van der Waals surface area contributed by atoms with E-state index >= 15 is 0 Å². The van der Waals surface area contributed by atoms with E-state index < -0.39 is 36.4 Å². The molecule has 4 aliphatic carbocycles. The SMILES string of the molecule is C=C(C)OC1C[C@@]2(C)[C@@H](C[C@@H](O)[C@H]3[C@@]4(C)CC[C@@H](C)[C@H](C)[C@@H]4CC[C@@]32C)/C1=C(\CCC(=C(C)C)c1ccc(C#N)cc1)C(=O)OCOC(=O)C(C)(C)C. The number of nitrogens with zero attached hydrogens (tertiary/aromatic N) is 1. The Hall–Kier alpha value is -3.37. The van der Waals surface area contributed by atoms with Gasteiger partial charge in [-0.05, 0) is 168 Å². The second kappa shape index (κ2) is 15.0. The second-order valence-corrected chi connectivity index (χ2v) is 19.0. The maximum Gasteiger partial charge on any atom is 0.336 e. The molecule has 1 aromatic carbocycles. The first kappa shape index (κ1) is 40.8. The van der Waals surface area contributed by atoms with Crippen molar-refractivity contribution in [2.24, 2.45) is 51.2 Å². The van der Waals surface area contributed by atoms with Gasteiger partial charge >= 0.3 is 11.9 Å². The number of aliphatic hydroxyl groups is 1. The molecule has 4 aliphatic rings. The van der Waals surface area contributed by atoms with E-state index in [0.717, 1.165) is 41.5 Å². The minimum absolute atomic E-state index is 0.0294. The zero-order valence-electron chi connectivity index (χ0n) is 34.4. The van der Waals surface area contributed by atoms with E-state index in [2.05, 4.69) is 61.1 Å². The minimum Gasteiger partial charge on any atom is -0.491 e. The van der Waals surface area contributed by atoms with Gasteiger partial charge in [-0.1, -0.05) is 58.9 Å². The van der Waals surface area contributed by atoms with Crippen LogP contribution in [0.5, 0.6) is 0 Å². The standard InChI is InChI=1S/C46H65NO6/c1-27(2)33(32-15-13-31(25-47)14-16-32)17-18-34(41(49)51-26-52-42(50)43(7,8)9)39-36-23-37(48)40-44(10)21-19-29(5)30(6)35(44)20-22-45(40,11)46(36,12)24-38(39)53-28(3)4/h13-16,29-30,35-38,40,48H,3,17-24,26H2,1-2,4-12H3/b39-34-/t29-,30+,35+,36+,37-,38?,40+,44+,45+,46+/m1/s1. The highest BCUT2D eigenvalue weighted by atomic mass is 16.7. The maximum absolute atomic E-state index is 14.5. The molecule has 0 radical (unpaired) electrons.